The molecule has 0 bridgehead atoms. The minimum atomic E-state index is -3.43. The Morgan fingerprint density at radius 2 is 1.78 bits per heavy atom. The molecular weight excluding hydrogens is 428 g/mol. The van der Waals surface area contributed by atoms with Crippen LogP contribution in [-0.2, 0) is 14.6 Å². The molecule has 8 nitrogen and oxygen atoms in total. The van der Waals surface area contributed by atoms with Crippen molar-refractivity contribution in [2.75, 3.05) is 24.2 Å². The molecule has 1 fully saturated rings. The minimum absolute atomic E-state index is 0.00765. The molecule has 1 aliphatic rings. The number of piperidine rings is 1. The lowest BCUT2D eigenvalue weighted by Gasteiger charge is -2.33. The fourth-order valence-electron chi connectivity index (χ4n) is 3.40. The van der Waals surface area contributed by atoms with Gasteiger partial charge in [0, 0.05) is 36.7 Å². The highest BCUT2D eigenvalue weighted by Crippen LogP contribution is 2.25. The van der Waals surface area contributed by atoms with Crippen molar-refractivity contribution in [2.24, 2.45) is 5.92 Å². The Morgan fingerprint density at radius 3 is 2.31 bits per heavy atom. The number of carbonyl (C=O) groups is 1. The molecule has 32 heavy (non-hydrogen) atoms. The second-order valence-electron chi connectivity index (χ2n) is 8.89. The molecule has 1 aromatic heterocycles. The molecule has 0 atom stereocenters. The Kier molecular flexibility index (Phi) is 7.18. The van der Waals surface area contributed by atoms with Crippen LogP contribution in [0.1, 0.15) is 39.2 Å². The van der Waals surface area contributed by atoms with Crippen molar-refractivity contribution >= 4 is 33.6 Å². The van der Waals surface area contributed by atoms with Gasteiger partial charge >= 0.3 is 6.09 Å². The average Bonchev–Trinajstić information content (AvgIpc) is 2.74. The van der Waals surface area contributed by atoms with E-state index >= 15 is 0 Å². The summed E-state index contributed by atoms with van der Waals surface area (Å²) in [4.78, 5) is 22.5. The Hall–Kier alpha value is -2.94. The van der Waals surface area contributed by atoms with Gasteiger partial charge in [0.1, 0.15) is 5.60 Å². The topological polar surface area (TPSA) is 101 Å². The van der Waals surface area contributed by atoms with Crippen LogP contribution >= 0.6 is 0 Å². The first-order chi connectivity index (χ1) is 15.1. The third-order valence-electron chi connectivity index (χ3n) is 5.10. The van der Waals surface area contributed by atoms with Gasteiger partial charge in [0.05, 0.1) is 10.6 Å². The van der Waals surface area contributed by atoms with Gasteiger partial charge in [0.2, 0.25) is 5.95 Å². The summed E-state index contributed by atoms with van der Waals surface area (Å²) in [6.07, 6.45) is 5.88. The summed E-state index contributed by atoms with van der Waals surface area (Å²) in [5.74, 6) is 0.491. The molecule has 0 saturated carbocycles. The molecule has 0 aliphatic carbocycles. The van der Waals surface area contributed by atoms with Crippen LogP contribution in [0.4, 0.5) is 16.4 Å². The van der Waals surface area contributed by atoms with Gasteiger partial charge in [-0.1, -0.05) is 12.7 Å². The molecule has 2 heterocycles. The van der Waals surface area contributed by atoms with Gasteiger partial charge in [0.25, 0.3) is 0 Å². The van der Waals surface area contributed by atoms with E-state index in [-0.39, 0.29) is 22.7 Å². The van der Waals surface area contributed by atoms with E-state index in [1.807, 2.05) is 20.8 Å². The number of ether oxygens (including phenoxy) is 1. The summed E-state index contributed by atoms with van der Waals surface area (Å²) >= 11 is 0. The van der Waals surface area contributed by atoms with Crippen LogP contribution in [0.3, 0.4) is 0 Å². The van der Waals surface area contributed by atoms with E-state index in [1.54, 1.807) is 47.6 Å². The van der Waals surface area contributed by atoms with Crippen molar-refractivity contribution in [3.63, 3.8) is 0 Å². The number of carbonyl (C=O) groups excluding carboxylic acids is 1. The summed E-state index contributed by atoms with van der Waals surface area (Å²) in [7, 11) is -3.43. The highest BCUT2D eigenvalue weighted by molar-refractivity contribution is 7.91. The van der Waals surface area contributed by atoms with Crippen molar-refractivity contribution in [1.82, 2.24) is 14.9 Å². The highest BCUT2D eigenvalue weighted by atomic mass is 32.2. The van der Waals surface area contributed by atoms with Gasteiger partial charge < -0.3 is 15.0 Å². The second-order valence-corrected chi connectivity index (χ2v) is 10.9. The standard InChI is InChI=1S/C23H30N4O4S/c1-5-17-14-24-21(25-15-17)26-19-6-8-20(9-7-19)32(29,30)16-18-10-12-27(13-11-18)22(28)31-23(2,3)4/h5-9,14-15,18H,1,10-13,16H2,2-4H3,(H,24,25,26). The van der Waals surface area contributed by atoms with E-state index in [0.29, 0.717) is 37.6 Å². The molecule has 9 heteroatoms. The van der Waals surface area contributed by atoms with E-state index in [9.17, 15) is 13.2 Å². The van der Waals surface area contributed by atoms with Crippen LogP contribution < -0.4 is 5.32 Å². The second kappa shape index (κ2) is 9.68. The molecule has 1 N–H and O–H groups in total. The van der Waals surface area contributed by atoms with Gasteiger partial charge in [-0.05, 0) is 63.8 Å². The molecule has 1 aromatic carbocycles. The van der Waals surface area contributed by atoms with E-state index in [0.717, 1.165) is 5.56 Å². The predicted molar refractivity (Wildman–Crippen MR) is 124 cm³/mol. The fourth-order valence-corrected chi connectivity index (χ4v) is 5.10. The summed E-state index contributed by atoms with van der Waals surface area (Å²) < 4.78 is 31.2. The van der Waals surface area contributed by atoms with Gasteiger partial charge in [-0.2, -0.15) is 0 Å². The van der Waals surface area contributed by atoms with E-state index in [1.165, 1.54) is 0 Å². The van der Waals surface area contributed by atoms with Crippen LogP contribution in [0.15, 0.2) is 48.1 Å². The van der Waals surface area contributed by atoms with E-state index in [2.05, 4.69) is 21.9 Å². The van der Waals surface area contributed by atoms with E-state index < -0.39 is 15.4 Å². The maximum Gasteiger partial charge on any atom is 0.410 e. The number of benzene rings is 1. The number of likely N-dealkylation sites (tertiary alicyclic amines) is 1. The monoisotopic (exact) mass is 458 g/mol. The van der Waals surface area contributed by atoms with Gasteiger partial charge in [-0.15, -0.1) is 0 Å². The van der Waals surface area contributed by atoms with Crippen LogP contribution in [0.5, 0.6) is 0 Å². The first kappa shape index (κ1) is 23.7. The zero-order chi connectivity index (χ0) is 23.4. The molecule has 1 amide bonds. The number of sulfone groups is 1. The average molecular weight is 459 g/mol. The SMILES string of the molecule is C=Cc1cnc(Nc2ccc(S(=O)(=O)CC3CCN(C(=O)OC(C)(C)C)CC3)cc2)nc1. The van der Waals surface area contributed by atoms with Crippen LogP contribution in [0.25, 0.3) is 6.08 Å². The van der Waals surface area contributed by atoms with E-state index in [4.69, 9.17) is 4.74 Å². The number of amides is 1. The number of hydrogen-bond donors (Lipinski definition) is 1. The maximum atomic E-state index is 12.9. The predicted octanol–water partition coefficient (Wildman–Crippen LogP) is 4.28. The quantitative estimate of drug-likeness (QED) is 0.689. The molecule has 0 unspecified atom stereocenters. The number of hydrogen-bond acceptors (Lipinski definition) is 7. The largest absolute Gasteiger partial charge is 0.444 e. The van der Waals surface area contributed by atoms with Crippen molar-refractivity contribution in [3.05, 3.63) is 48.8 Å². The molecule has 172 valence electrons. The third-order valence-corrected chi connectivity index (χ3v) is 7.00. The summed E-state index contributed by atoms with van der Waals surface area (Å²) in [6, 6.07) is 6.57. The number of aromatic nitrogens is 2. The summed E-state index contributed by atoms with van der Waals surface area (Å²) in [6.45, 7) is 10.2. The zero-order valence-electron chi connectivity index (χ0n) is 18.7. The molecule has 1 aliphatic heterocycles. The molecule has 3 rings (SSSR count). The third kappa shape index (κ3) is 6.53. The molecule has 0 spiro atoms. The Bertz CT molecular complexity index is 1040. The Labute approximate surface area is 189 Å². The van der Waals surface area contributed by atoms with Crippen molar-refractivity contribution in [3.8, 4) is 0 Å². The van der Waals surface area contributed by atoms with Gasteiger partial charge in [0.15, 0.2) is 9.84 Å². The Balaban J connectivity index is 1.55. The highest BCUT2D eigenvalue weighted by Gasteiger charge is 2.29. The Morgan fingerprint density at radius 1 is 1.19 bits per heavy atom. The van der Waals surface area contributed by atoms with Crippen LogP contribution in [-0.4, -0.2) is 53.8 Å². The van der Waals surface area contributed by atoms with Gasteiger partial charge in [-0.25, -0.2) is 23.2 Å². The smallest absolute Gasteiger partial charge is 0.410 e. The lowest BCUT2D eigenvalue weighted by atomic mass is 9.99. The van der Waals surface area contributed by atoms with Gasteiger partial charge in [-0.3, -0.25) is 0 Å². The minimum Gasteiger partial charge on any atom is -0.444 e. The fraction of sp³-hybridized carbons (Fsp3) is 0.435. The van der Waals surface area contributed by atoms with Crippen LogP contribution in [0, 0.1) is 5.92 Å². The first-order valence-electron chi connectivity index (χ1n) is 10.6. The molecular formula is C23H30N4O4S. The number of anilines is 2. The molecule has 2 aromatic rings. The summed E-state index contributed by atoms with van der Waals surface area (Å²) in [5.41, 5.74) is 0.967. The van der Waals surface area contributed by atoms with Crippen molar-refractivity contribution in [1.29, 1.82) is 0 Å². The lowest BCUT2D eigenvalue weighted by Crippen LogP contribution is -2.42. The normalized spacial score (nSPS) is 15.3. The maximum absolute atomic E-state index is 12.9. The van der Waals surface area contributed by atoms with Crippen LogP contribution in [0.2, 0.25) is 0 Å². The molecule has 0 radical (unpaired) electrons. The summed E-state index contributed by atoms with van der Waals surface area (Å²) in [5, 5.41) is 3.05. The lowest BCUT2D eigenvalue weighted by molar-refractivity contribution is 0.0191. The number of nitrogens with zero attached hydrogens (tertiary/aromatic N) is 3. The van der Waals surface area contributed by atoms with Crippen molar-refractivity contribution in [2.45, 2.75) is 44.1 Å². The van der Waals surface area contributed by atoms with Crippen molar-refractivity contribution < 1.29 is 17.9 Å². The zero-order valence-corrected chi connectivity index (χ0v) is 19.6. The number of nitrogens with one attached hydrogen (secondary N) is 1. The number of rotatable bonds is 6. The molecule has 1 saturated heterocycles. The first-order valence-corrected chi connectivity index (χ1v) is 12.2.